The lowest BCUT2D eigenvalue weighted by atomic mass is 10.00. The van der Waals surface area contributed by atoms with Crippen LogP contribution in [0.4, 0.5) is 0 Å². The van der Waals surface area contributed by atoms with Gasteiger partial charge in [0.15, 0.2) is 0 Å². The van der Waals surface area contributed by atoms with Gasteiger partial charge in [-0.1, -0.05) is 12.1 Å². The first-order chi connectivity index (χ1) is 7.74. The van der Waals surface area contributed by atoms with Crippen LogP contribution >= 0.6 is 0 Å². The Morgan fingerprint density at radius 1 is 0.750 bits per heavy atom. The fourth-order valence-corrected chi connectivity index (χ4v) is 2.12. The molecule has 3 aromatic rings. The monoisotopic (exact) mass is 207 g/mol. The second-order valence-corrected chi connectivity index (χ2v) is 4.36. The molecule has 16 heavy (non-hydrogen) atoms. The highest BCUT2D eigenvalue weighted by atomic mass is 14.6. The molecule has 0 aliphatic rings. The van der Waals surface area contributed by atoms with E-state index in [1.165, 1.54) is 32.7 Å². The summed E-state index contributed by atoms with van der Waals surface area (Å²) in [5, 5.41) is 5.06. The van der Waals surface area contributed by atoms with E-state index in [1.54, 1.807) is 0 Å². The minimum Gasteiger partial charge on any atom is -0.264 e. The molecule has 0 radical (unpaired) electrons. The van der Waals surface area contributed by atoms with E-state index in [0.717, 1.165) is 0 Å². The third-order valence-electron chi connectivity index (χ3n) is 3.21. The first kappa shape index (κ1) is 9.34. The van der Waals surface area contributed by atoms with Gasteiger partial charge in [-0.25, -0.2) is 0 Å². The van der Waals surface area contributed by atoms with Crippen LogP contribution < -0.4 is 0 Å². The van der Waals surface area contributed by atoms with Crippen molar-refractivity contribution in [2.75, 3.05) is 0 Å². The van der Waals surface area contributed by atoms with E-state index < -0.39 is 0 Å². The standard InChI is InChI=1S/C15H13N/c1-10-5-13-7-12-3-4-16-9-15(12)8-14(13)6-11(10)2/h3-9H,1-2H3. The van der Waals surface area contributed by atoms with Gasteiger partial charge in [0.2, 0.25) is 0 Å². The molecule has 78 valence electrons. The maximum Gasteiger partial charge on any atom is 0.0346 e. The van der Waals surface area contributed by atoms with Crippen molar-refractivity contribution in [3.05, 3.63) is 53.9 Å². The summed E-state index contributed by atoms with van der Waals surface area (Å²) in [4.78, 5) is 4.16. The van der Waals surface area contributed by atoms with Crippen LogP contribution in [0.25, 0.3) is 21.5 Å². The van der Waals surface area contributed by atoms with Crippen LogP contribution in [-0.4, -0.2) is 4.98 Å². The minimum absolute atomic E-state index is 1.21. The molecule has 0 aliphatic carbocycles. The van der Waals surface area contributed by atoms with Gasteiger partial charge >= 0.3 is 0 Å². The number of aryl methyl sites for hydroxylation is 2. The van der Waals surface area contributed by atoms with Gasteiger partial charge in [-0.2, -0.15) is 0 Å². The van der Waals surface area contributed by atoms with Crippen molar-refractivity contribution in [1.29, 1.82) is 0 Å². The fourth-order valence-electron chi connectivity index (χ4n) is 2.12. The topological polar surface area (TPSA) is 12.9 Å². The molecule has 3 rings (SSSR count). The van der Waals surface area contributed by atoms with Crippen molar-refractivity contribution < 1.29 is 0 Å². The number of fused-ring (bicyclic) bond motifs is 2. The fraction of sp³-hybridized carbons (Fsp3) is 0.133. The third kappa shape index (κ3) is 1.36. The zero-order chi connectivity index (χ0) is 11.1. The number of benzene rings is 2. The smallest absolute Gasteiger partial charge is 0.0346 e. The van der Waals surface area contributed by atoms with Crippen LogP contribution in [0, 0.1) is 13.8 Å². The Morgan fingerprint density at radius 3 is 2.06 bits per heavy atom. The molecule has 0 saturated carbocycles. The summed E-state index contributed by atoms with van der Waals surface area (Å²) in [6.45, 7) is 4.31. The van der Waals surface area contributed by atoms with Crippen LogP contribution in [0.5, 0.6) is 0 Å². The summed E-state index contributed by atoms with van der Waals surface area (Å²) in [5.74, 6) is 0. The Kier molecular flexibility index (Phi) is 1.93. The van der Waals surface area contributed by atoms with E-state index in [-0.39, 0.29) is 0 Å². The van der Waals surface area contributed by atoms with Crippen molar-refractivity contribution in [2.24, 2.45) is 0 Å². The quantitative estimate of drug-likeness (QED) is 0.508. The third-order valence-corrected chi connectivity index (χ3v) is 3.21. The van der Waals surface area contributed by atoms with Crippen LogP contribution in [0.1, 0.15) is 11.1 Å². The number of hydrogen-bond acceptors (Lipinski definition) is 1. The summed E-state index contributed by atoms with van der Waals surface area (Å²) in [6, 6.07) is 11.0. The molecule has 0 spiro atoms. The molecule has 0 fully saturated rings. The van der Waals surface area contributed by atoms with Crippen molar-refractivity contribution in [3.63, 3.8) is 0 Å². The molecule has 0 bridgehead atoms. The zero-order valence-electron chi connectivity index (χ0n) is 9.49. The maximum absolute atomic E-state index is 4.16. The highest BCUT2D eigenvalue weighted by Crippen LogP contribution is 2.24. The lowest BCUT2D eigenvalue weighted by molar-refractivity contribution is 1.36. The lowest BCUT2D eigenvalue weighted by Gasteiger charge is -2.05. The zero-order valence-corrected chi connectivity index (χ0v) is 9.49. The Labute approximate surface area is 94.7 Å². The lowest BCUT2D eigenvalue weighted by Crippen LogP contribution is -1.83. The van der Waals surface area contributed by atoms with Gasteiger partial charge < -0.3 is 0 Å². The van der Waals surface area contributed by atoms with Gasteiger partial charge in [-0.3, -0.25) is 4.98 Å². The number of hydrogen-bond donors (Lipinski definition) is 0. The average Bonchev–Trinajstić information content (AvgIpc) is 2.28. The molecule has 1 heterocycles. The summed E-state index contributed by atoms with van der Waals surface area (Å²) >= 11 is 0. The molecular formula is C15H13N. The molecule has 0 N–H and O–H groups in total. The second kappa shape index (κ2) is 3.31. The molecule has 1 heteroatoms. The molecule has 1 aromatic heterocycles. The Bertz CT molecular complexity index is 623. The van der Waals surface area contributed by atoms with Gasteiger partial charge in [0.05, 0.1) is 0 Å². The van der Waals surface area contributed by atoms with Gasteiger partial charge in [-0.15, -0.1) is 0 Å². The van der Waals surface area contributed by atoms with E-state index in [4.69, 9.17) is 0 Å². The molecule has 0 atom stereocenters. The summed E-state index contributed by atoms with van der Waals surface area (Å²) in [5.41, 5.74) is 2.69. The van der Waals surface area contributed by atoms with E-state index in [2.05, 4.69) is 49.2 Å². The molecule has 0 unspecified atom stereocenters. The van der Waals surface area contributed by atoms with E-state index in [1.807, 2.05) is 12.4 Å². The van der Waals surface area contributed by atoms with Crippen molar-refractivity contribution in [2.45, 2.75) is 13.8 Å². The highest BCUT2D eigenvalue weighted by molar-refractivity contribution is 5.98. The van der Waals surface area contributed by atoms with Crippen molar-refractivity contribution >= 4 is 21.5 Å². The van der Waals surface area contributed by atoms with Crippen LogP contribution in [-0.2, 0) is 0 Å². The maximum atomic E-state index is 4.16. The molecule has 0 saturated heterocycles. The summed E-state index contributed by atoms with van der Waals surface area (Å²) in [6.07, 6.45) is 3.76. The molecular weight excluding hydrogens is 194 g/mol. The van der Waals surface area contributed by atoms with Gasteiger partial charge in [-0.05, 0) is 59.3 Å². The Balaban J connectivity index is 2.46. The van der Waals surface area contributed by atoms with Crippen molar-refractivity contribution in [1.82, 2.24) is 4.98 Å². The van der Waals surface area contributed by atoms with Gasteiger partial charge in [0, 0.05) is 17.8 Å². The predicted molar refractivity (Wildman–Crippen MR) is 68.7 cm³/mol. The summed E-state index contributed by atoms with van der Waals surface area (Å²) in [7, 11) is 0. The predicted octanol–water partition coefficient (Wildman–Crippen LogP) is 4.00. The van der Waals surface area contributed by atoms with Gasteiger partial charge in [0.25, 0.3) is 0 Å². The highest BCUT2D eigenvalue weighted by Gasteiger charge is 2.00. The molecule has 1 nitrogen and oxygen atoms in total. The van der Waals surface area contributed by atoms with Crippen LogP contribution in [0.15, 0.2) is 42.7 Å². The number of nitrogens with zero attached hydrogens (tertiary/aromatic N) is 1. The number of pyridine rings is 1. The molecule has 0 amide bonds. The van der Waals surface area contributed by atoms with Crippen molar-refractivity contribution in [3.8, 4) is 0 Å². The number of rotatable bonds is 0. The minimum atomic E-state index is 1.21. The normalized spacial score (nSPS) is 11.1. The Morgan fingerprint density at radius 2 is 1.38 bits per heavy atom. The van der Waals surface area contributed by atoms with E-state index in [0.29, 0.717) is 0 Å². The molecule has 2 aromatic carbocycles. The van der Waals surface area contributed by atoms with Crippen LogP contribution in [0.3, 0.4) is 0 Å². The van der Waals surface area contributed by atoms with Gasteiger partial charge in [0.1, 0.15) is 0 Å². The largest absolute Gasteiger partial charge is 0.264 e. The van der Waals surface area contributed by atoms with Crippen LogP contribution in [0.2, 0.25) is 0 Å². The Hall–Kier alpha value is -1.89. The second-order valence-electron chi connectivity index (χ2n) is 4.36. The average molecular weight is 207 g/mol. The van der Waals surface area contributed by atoms with E-state index in [9.17, 15) is 0 Å². The first-order valence-electron chi connectivity index (χ1n) is 5.49. The molecule has 0 aliphatic heterocycles. The summed E-state index contributed by atoms with van der Waals surface area (Å²) < 4.78 is 0. The SMILES string of the molecule is Cc1cc2cc3ccncc3cc2cc1C. The first-order valence-corrected chi connectivity index (χ1v) is 5.49. The number of aromatic nitrogens is 1. The van der Waals surface area contributed by atoms with E-state index >= 15 is 0 Å².